The van der Waals surface area contributed by atoms with Crippen molar-refractivity contribution in [2.45, 2.75) is 26.3 Å². The first-order chi connectivity index (χ1) is 12.5. The van der Waals surface area contributed by atoms with Crippen LogP contribution in [-0.4, -0.2) is 36.4 Å². The van der Waals surface area contributed by atoms with E-state index in [4.69, 9.17) is 0 Å². The SMILES string of the molecule is CCc1nn(C)c(NC(=O)N[C@H](C)c2nn[nH]n2)c1-c1ccc(F)cc1. The quantitative estimate of drug-likeness (QED) is 0.647. The lowest BCUT2D eigenvalue weighted by atomic mass is 10.0. The Morgan fingerprint density at radius 2 is 2.08 bits per heavy atom. The summed E-state index contributed by atoms with van der Waals surface area (Å²) >= 11 is 0. The number of rotatable bonds is 5. The second kappa shape index (κ2) is 7.30. The maximum Gasteiger partial charge on any atom is 0.320 e. The van der Waals surface area contributed by atoms with Gasteiger partial charge in [-0.25, -0.2) is 9.18 Å². The van der Waals surface area contributed by atoms with Crippen LogP contribution < -0.4 is 10.6 Å². The molecule has 3 aromatic rings. The van der Waals surface area contributed by atoms with Gasteiger partial charge in [-0.1, -0.05) is 24.3 Å². The molecule has 136 valence electrons. The van der Waals surface area contributed by atoms with Crippen LogP contribution in [0.5, 0.6) is 0 Å². The molecule has 3 rings (SSSR count). The Bertz CT molecular complexity index is 888. The first-order valence-corrected chi connectivity index (χ1v) is 8.12. The standard InChI is InChI=1S/C16H19FN8O/c1-4-12-13(10-5-7-11(17)8-6-10)15(25(3)22-12)19-16(26)18-9(2)14-20-23-24-21-14/h5-9H,4H2,1-3H3,(H2,18,19,26)(H,20,21,23,24)/t9-/m1/s1. The van der Waals surface area contributed by atoms with Gasteiger partial charge in [0.15, 0.2) is 5.82 Å². The number of nitrogens with one attached hydrogen (secondary N) is 3. The van der Waals surface area contributed by atoms with Crippen molar-refractivity contribution in [3.8, 4) is 11.1 Å². The van der Waals surface area contributed by atoms with Gasteiger partial charge in [-0.15, -0.1) is 10.2 Å². The Labute approximate surface area is 149 Å². The van der Waals surface area contributed by atoms with E-state index in [0.29, 0.717) is 18.1 Å². The summed E-state index contributed by atoms with van der Waals surface area (Å²) in [5.74, 6) is 0.571. The van der Waals surface area contributed by atoms with Crippen LogP contribution in [0.15, 0.2) is 24.3 Å². The van der Waals surface area contributed by atoms with Gasteiger partial charge in [0.2, 0.25) is 0 Å². The highest BCUT2D eigenvalue weighted by Crippen LogP contribution is 2.32. The largest absolute Gasteiger partial charge is 0.328 e. The molecule has 0 radical (unpaired) electrons. The van der Waals surface area contributed by atoms with E-state index in [9.17, 15) is 9.18 Å². The van der Waals surface area contributed by atoms with Crippen molar-refractivity contribution in [2.24, 2.45) is 7.05 Å². The van der Waals surface area contributed by atoms with E-state index in [1.807, 2.05) is 6.92 Å². The smallest absolute Gasteiger partial charge is 0.320 e. The molecule has 0 spiro atoms. The molecular formula is C16H19FN8O. The summed E-state index contributed by atoms with van der Waals surface area (Å²) in [6, 6.07) is 5.22. The molecule has 10 heteroatoms. The zero-order valence-corrected chi connectivity index (χ0v) is 14.6. The fourth-order valence-electron chi connectivity index (χ4n) is 2.65. The van der Waals surface area contributed by atoms with Crippen LogP contribution in [0.2, 0.25) is 0 Å². The number of anilines is 1. The molecule has 0 aliphatic heterocycles. The molecular weight excluding hydrogens is 339 g/mol. The molecule has 1 aromatic carbocycles. The van der Waals surface area contributed by atoms with Crippen LogP contribution in [0.1, 0.15) is 31.4 Å². The molecule has 0 saturated heterocycles. The van der Waals surface area contributed by atoms with Crippen LogP contribution in [0.25, 0.3) is 11.1 Å². The first-order valence-electron chi connectivity index (χ1n) is 8.12. The van der Waals surface area contributed by atoms with E-state index in [1.54, 1.807) is 30.8 Å². The second-order valence-corrected chi connectivity index (χ2v) is 5.74. The number of hydrogen-bond acceptors (Lipinski definition) is 5. The van der Waals surface area contributed by atoms with E-state index in [2.05, 4.69) is 36.4 Å². The van der Waals surface area contributed by atoms with Gasteiger partial charge in [0, 0.05) is 12.6 Å². The average Bonchev–Trinajstić information content (AvgIpc) is 3.25. The number of aryl methyl sites for hydroxylation is 2. The number of aromatic amines is 1. The third-order valence-electron chi connectivity index (χ3n) is 3.92. The molecule has 1 atom stereocenters. The zero-order chi connectivity index (χ0) is 18.7. The monoisotopic (exact) mass is 358 g/mol. The van der Waals surface area contributed by atoms with Crippen molar-refractivity contribution in [3.63, 3.8) is 0 Å². The van der Waals surface area contributed by atoms with E-state index in [1.165, 1.54) is 12.1 Å². The van der Waals surface area contributed by atoms with Crippen LogP contribution in [0.3, 0.4) is 0 Å². The number of H-pyrrole nitrogens is 1. The number of amides is 2. The Morgan fingerprint density at radius 3 is 2.69 bits per heavy atom. The van der Waals surface area contributed by atoms with E-state index >= 15 is 0 Å². The maximum atomic E-state index is 13.3. The minimum Gasteiger partial charge on any atom is -0.328 e. The summed E-state index contributed by atoms with van der Waals surface area (Å²) < 4.78 is 14.9. The van der Waals surface area contributed by atoms with Crippen molar-refractivity contribution in [1.82, 2.24) is 35.7 Å². The Kier molecular flexibility index (Phi) is 4.92. The second-order valence-electron chi connectivity index (χ2n) is 5.74. The summed E-state index contributed by atoms with van der Waals surface area (Å²) in [5.41, 5.74) is 2.34. The summed E-state index contributed by atoms with van der Waals surface area (Å²) in [6.45, 7) is 3.71. The number of aromatic nitrogens is 6. The third kappa shape index (κ3) is 3.53. The lowest BCUT2D eigenvalue weighted by molar-refractivity contribution is 0.248. The summed E-state index contributed by atoms with van der Waals surface area (Å²) in [5, 5.41) is 23.5. The molecule has 9 nitrogen and oxygen atoms in total. The topological polar surface area (TPSA) is 113 Å². The van der Waals surface area contributed by atoms with E-state index in [0.717, 1.165) is 16.8 Å². The van der Waals surface area contributed by atoms with Crippen molar-refractivity contribution in [1.29, 1.82) is 0 Å². The molecule has 3 N–H and O–H groups in total. The highest BCUT2D eigenvalue weighted by molar-refractivity contribution is 5.94. The van der Waals surface area contributed by atoms with Crippen molar-refractivity contribution >= 4 is 11.8 Å². The normalized spacial score (nSPS) is 12.0. The molecule has 0 bridgehead atoms. The van der Waals surface area contributed by atoms with Gasteiger partial charge in [-0.3, -0.25) is 10.00 Å². The van der Waals surface area contributed by atoms with Gasteiger partial charge < -0.3 is 5.32 Å². The molecule has 0 saturated carbocycles. The first kappa shape index (κ1) is 17.5. The molecule has 2 amide bonds. The minimum absolute atomic E-state index is 0.322. The molecule has 2 aromatic heterocycles. The Hall–Kier alpha value is -3.30. The highest BCUT2D eigenvalue weighted by atomic mass is 19.1. The number of nitrogens with zero attached hydrogens (tertiary/aromatic N) is 5. The van der Waals surface area contributed by atoms with Crippen LogP contribution in [0, 0.1) is 5.82 Å². The number of halogens is 1. The fraction of sp³-hybridized carbons (Fsp3) is 0.312. The molecule has 0 aliphatic carbocycles. The van der Waals surface area contributed by atoms with E-state index in [-0.39, 0.29) is 5.82 Å². The predicted octanol–water partition coefficient (Wildman–Crippen LogP) is 2.18. The number of carbonyl (C=O) groups is 1. The van der Waals surface area contributed by atoms with Gasteiger partial charge >= 0.3 is 6.03 Å². The van der Waals surface area contributed by atoms with Crippen molar-refractivity contribution in [3.05, 3.63) is 41.6 Å². The van der Waals surface area contributed by atoms with Gasteiger partial charge in [0.1, 0.15) is 11.6 Å². The summed E-state index contributed by atoms with van der Waals surface area (Å²) in [6.07, 6.45) is 0.670. The van der Waals surface area contributed by atoms with Crippen LogP contribution >= 0.6 is 0 Å². The molecule has 0 unspecified atom stereocenters. The Morgan fingerprint density at radius 1 is 1.35 bits per heavy atom. The molecule has 0 aliphatic rings. The van der Waals surface area contributed by atoms with Gasteiger partial charge in [0.05, 0.1) is 11.7 Å². The van der Waals surface area contributed by atoms with Gasteiger partial charge in [-0.2, -0.15) is 10.3 Å². The zero-order valence-electron chi connectivity index (χ0n) is 14.6. The number of tetrazole rings is 1. The number of carbonyl (C=O) groups excluding carboxylic acids is 1. The number of benzene rings is 1. The maximum absolute atomic E-state index is 13.3. The Balaban J connectivity index is 1.86. The average molecular weight is 358 g/mol. The van der Waals surface area contributed by atoms with E-state index < -0.39 is 12.1 Å². The van der Waals surface area contributed by atoms with Crippen molar-refractivity contribution in [2.75, 3.05) is 5.32 Å². The van der Waals surface area contributed by atoms with Crippen molar-refractivity contribution < 1.29 is 9.18 Å². The van der Waals surface area contributed by atoms with Crippen LogP contribution in [-0.2, 0) is 13.5 Å². The van der Waals surface area contributed by atoms with Gasteiger partial charge in [0.25, 0.3) is 0 Å². The minimum atomic E-state index is -0.434. The molecule has 2 heterocycles. The highest BCUT2D eigenvalue weighted by Gasteiger charge is 2.20. The molecule has 26 heavy (non-hydrogen) atoms. The number of urea groups is 1. The fourth-order valence-corrected chi connectivity index (χ4v) is 2.65. The summed E-state index contributed by atoms with van der Waals surface area (Å²) in [4.78, 5) is 12.4. The van der Waals surface area contributed by atoms with Crippen LogP contribution in [0.4, 0.5) is 15.0 Å². The summed E-state index contributed by atoms with van der Waals surface area (Å²) in [7, 11) is 1.74. The molecule has 0 fully saturated rings. The van der Waals surface area contributed by atoms with Gasteiger partial charge in [-0.05, 0) is 31.0 Å². The number of hydrogen-bond donors (Lipinski definition) is 3. The lowest BCUT2D eigenvalue weighted by Gasteiger charge is -2.13. The lowest BCUT2D eigenvalue weighted by Crippen LogP contribution is -2.32. The predicted molar refractivity (Wildman–Crippen MR) is 92.7 cm³/mol. The third-order valence-corrected chi connectivity index (χ3v) is 3.92.